The zero-order valence-electron chi connectivity index (χ0n) is 9.59. The average Bonchev–Trinajstić information content (AvgIpc) is 2.38. The number of carbonyl (C=O) groups excluding carboxylic acids is 1. The van der Waals surface area contributed by atoms with E-state index in [-0.39, 0.29) is 17.2 Å². The van der Waals surface area contributed by atoms with E-state index >= 15 is 0 Å². The highest BCUT2D eigenvalue weighted by Gasteiger charge is 2.15. The first kappa shape index (κ1) is 14.7. The van der Waals surface area contributed by atoms with Crippen LogP contribution in [0.25, 0.3) is 0 Å². The van der Waals surface area contributed by atoms with Crippen molar-refractivity contribution in [2.75, 3.05) is 0 Å². The van der Waals surface area contributed by atoms with Crippen molar-refractivity contribution in [2.45, 2.75) is 6.42 Å². The van der Waals surface area contributed by atoms with Gasteiger partial charge in [0.25, 0.3) is 0 Å². The Morgan fingerprint density at radius 2 is 1.42 bits per heavy atom. The van der Waals surface area contributed by atoms with Gasteiger partial charge in [-0.1, -0.05) is 64.6 Å². The van der Waals surface area contributed by atoms with Crippen LogP contribution in [0.5, 0.6) is 0 Å². The summed E-state index contributed by atoms with van der Waals surface area (Å²) in [6, 6.07) is 10.1. The zero-order chi connectivity index (χ0) is 14.0. The molecule has 5 heteroatoms. The topological polar surface area (TPSA) is 17.1 Å². The maximum atomic E-state index is 12.2. The second kappa shape index (κ2) is 6.15. The van der Waals surface area contributed by atoms with Gasteiger partial charge in [-0.15, -0.1) is 0 Å². The fraction of sp³-hybridized carbons (Fsp3) is 0.0714. The Morgan fingerprint density at radius 3 is 2.11 bits per heavy atom. The first-order valence-corrected chi connectivity index (χ1v) is 6.92. The first-order chi connectivity index (χ1) is 9.00. The van der Waals surface area contributed by atoms with Crippen molar-refractivity contribution in [3.8, 4) is 0 Å². The lowest BCUT2D eigenvalue weighted by Gasteiger charge is -2.07. The third-order valence-corrected chi connectivity index (χ3v) is 4.31. The molecule has 0 atom stereocenters. The maximum absolute atomic E-state index is 12.2. The number of rotatable bonds is 3. The third kappa shape index (κ3) is 3.24. The van der Waals surface area contributed by atoms with Crippen LogP contribution in [-0.4, -0.2) is 5.78 Å². The molecule has 0 radical (unpaired) electrons. The lowest BCUT2D eigenvalue weighted by Crippen LogP contribution is -2.05. The fourth-order valence-corrected chi connectivity index (χ4v) is 2.47. The van der Waals surface area contributed by atoms with Crippen molar-refractivity contribution in [1.29, 1.82) is 0 Å². The summed E-state index contributed by atoms with van der Waals surface area (Å²) in [5, 5.41) is 1.41. The third-order valence-electron chi connectivity index (χ3n) is 2.63. The minimum absolute atomic E-state index is 0.124. The predicted octanol–water partition coefficient (Wildman–Crippen LogP) is 5.73. The van der Waals surface area contributed by atoms with Crippen LogP contribution in [0, 0.1) is 0 Å². The molecular weight excluding hydrogens is 326 g/mol. The molecular formula is C14H8Cl4O. The van der Waals surface area contributed by atoms with Gasteiger partial charge >= 0.3 is 0 Å². The number of hydrogen-bond donors (Lipinski definition) is 0. The van der Waals surface area contributed by atoms with Crippen molar-refractivity contribution in [3.05, 3.63) is 67.6 Å². The number of hydrogen-bond acceptors (Lipinski definition) is 1. The molecule has 2 aromatic rings. The van der Waals surface area contributed by atoms with Gasteiger partial charge in [-0.05, 0) is 23.8 Å². The van der Waals surface area contributed by atoms with Gasteiger partial charge in [-0.3, -0.25) is 4.79 Å². The highest BCUT2D eigenvalue weighted by Crippen LogP contribution is 2.29. The van der Waals surface area contributed by atoms with Crippen molar-refractivity contribution in [2.24, 2.45) is 0 Å². The summed E-state index contributed by atoms with van der Waals surface area (Å²) in [5.74, 6) is -0.156. The Morgan fingerprint density at radius 1 is 0.842 bits per heavy atom. The molecule has 98 valence electrons. The largest absolute Gasteiger partial charge is 0.294 e. The maximum Gasteiger partial charge on any atom is 0.168 e. The summed E-state index contributed by atoms with van der Waals surface area (Å²) < 4.78 is 0. The van der Waals surface area contributed by atoms with Gasteiger partial charge in [0.2, 0.25) is 0 Å². The standard InChI is InChI=1S/C14H8Cl4O/c15-10-5-1-3-8(13(10)17)7-12(19)9-4-2-6-11(16)14(9)18/h1-6H,7H2. The highest BCUT2D eigenvalue weighted by molar-refractivity contribution is 6.44. The van der Waals surface area contributed by atoms with Crippen LogP contribution in [0.1, 0.15) is 15.9 Å². The van der Waals surface area contributed by atoms with Crippen molar-refractivity contribution < 1.29 is 4.79 Å². The van der Waals surface area contributed by atoms with Crippen LogP contribution in [0.4, 0.5) is 0 Å². The van der Waals surface area contributed by atoms with Gasteiger partial charge in [0.1, 0.15) is 0 Å². The van der Waals surface area contributed by atoms with Crippen molar-refractivity contribution >= 4 is 52.2 Å². The first-order valence-electron chi connectivity index (χ1n) is 5.41. The van der Waals surface area contributed by atoms with Gasteiger partial charge in [0, 0.05) is 12.0 Å². The predicted molar refractivity (Wildman–Crippen MR) is 81.0 cm³/mol. The van der Waals surface area contributed by atoms with Gasteiger partial charge < -0.3 is 0 Å². The smallest absolute Gasteiger partial charge is 0.168 e. The molecule has 0 amide bonds. The van der Waals surface area contributed by atoms with Gasteiger partial charge in [0.05, 0.1) is 20.1 Å². The van der Waals surface area contributed by atoms with E-state index in [0.717, 1.165) is 0 Å². The quantitative estimate of drug-likeness (QED) is 0.656. The number of halogens is 4. The molecule has 19 heavy (non-hydrogen) atoms. The number of Topliss-reactive ketones (excluding diaryl/α,β-unsaturated/α-hetero) is 1. The molecule has 0 spiro atoms. The van der Waals surface area contributed by atoms with Crippen molar-refractivity contribution in [1.82, 2.24) is 0 Å². The van der Waals surface area contributed by atoms with E-state index < -0.39 is 0 Å². The molecule has 0 saturated carbocycles. The second-order valence-corrected chi connectivity index (χ2v) is 5.48. The van der Waals surface area contributed by atoms with Crippen LogP contribution < -0.4 is 0 Å². The van der Waals surface area contributed by atoms with Crippen LogP contribution >= 0.6 is 46.4 Å². The summed E-state index contributed by atoms with van der Waals surface area (Å²) in [6.07, 6.45) is 0.124. The summed E-state index contributed by atoms with van der Waals surface area (Å²) in [5.41, 5.74) is 1.04. The molecule has 1 nitrogen and oxygen atoms in total. The van der Waals surface area contributed by atoms with E-state index in [1.165, 1.54) is 0 Å². The number of benzene rings is 2. The highest BCUT2D eigenvalue weighted by atomic mass is 35.5. The molecule has 0 N–H and O–H groups in total. The molecule has 0 aliphatic heterocycles. The summed E-state index contributed by atoms with van der Waals surface area (Å²) in [7, 11) is 0. The Labute approximate surface area is 131 Å². The van der Waals surface area contributed by atoms with Gasteiger partial charge in [0.15, 0.2) is 5.78 Å². The molecule has 0 aliphatic rings. The Kier molecular flexibility index (Phi) is 4.75. The van der Waals surface area contributed by atoms with Crippen LogP contribution in [0.3, 0.4) is 0 Å². The second-order valence-electron chi connectivity index (χ2n) is 3.91. The molecule has 2 aromatic carbocycles. The molecule has 2 rings (SSSR count). The normalized spacial score (nSPS) is 10.5. The molecule has 0 saturated heterocycles. The minimum atomic E-state index is -0.156. The SMILES string of the molecule is O=C(Cc1cccc(Cl)c1Cl)c1cccc(Cl)c1Cl. The van der Waals surface area contributed by atoms with E-state index in [1.54, 1.807) is 36.4 Å². The van der Waals surface area contributed by atoms with Crippen LogP contribution in [0.15, 0.2) is 36.4 Å². The van der Waals surface area contributed by atoms with E-state index in [2.05, 4.69) is 0 Å². The molecule has 0 aromatic heterocycles. The summed E-state index contributed by atoms with van der Waals surface area (Å²) in [6.45, 7) is 0. The number of carbonyl (C=O) groups is 1. The molecule has 0 aliphatic carbocycles. The van der Waals surface area contributed by atoms with E-state index in [1.807, 2.05) is 0 Å². The number of ketones is 1. The van der Waals surface area contributed by atoms with E-state index in [4.69, 9.17) is 46.4 Å². The van der Waals surface area contributed by atoms with Crippen molar-refractivity contribution in [3.63, 3.8) is 0 Å². The summed E-state index contributed by atoms with van der Waals surface area (Å²) in [4.78, 5) is 12.2. The Balaban J connectivity index is 2.31. The molecule has 0 unspecified atom stereocenters. The van der Waals surface area contributed by atoms with Crippen LogP contribution in [-0.2, 0) is 6.42 Å². The molecule has 0 fully saturated rings. The lowest BCUT2D eigenvalue weighted by molar-refractivity contribution is 0.0993. The average molecular weight is 334 g/mol. The fourth-order valence-electron chi connectivity index (χ4n) is 1.67. The van der Waals surface area contributed by atoms with E-state index in [9.17, 15) is 4.79 Å². The zero-order valence-corrected chi connectivity index (χ0v) is 12.6. The van der Waals surface area contributed by atoms with E-state index in [0.29, 0.717) is 26.2 Å². The van der Waals surface area contributed by atoms with Gasteiger partial charge in [-0.2, -0.15) is 0 Å². The lowest BCUT2D eigenvalue weighted by atomic mass is 10.0. The Hall–Kier alpha value is -0.730. The minimum Gasteiger partial charge on any atom is -0.294 e. The Bertz CT molecular complexity index is 637. The molecule has 0 bridgehead atoms. The van der Waals surface area contributed by atoms with Crippen LogP contribution in [0.2, 0.25) is 20.1 Å². The monoisotopic (exact) mass is 332 g/mol. The van der Waals surface area contributed by atoms with Gasteiger partial charge in [-0.25, -0.2) is 0 Å². The molecule has 0 heterocycles. The summed E-state index contributed by atoms with van der Waals surface area (Å²) >= 11 is 23.9.